The molecule has 0 aromatic heterocycles. The van der Waals surface area contributed by atoms with Crippen LogP contribution in [0.3, 0.4) is 0 Å². The summed E-state index contributed by atoms with van der Waals surface area (Å²) >= 11 is 0. The van der Waals surface area contributed by atoms with Crippen molar-refractivity contribution in [3.8, 4) is 0 Å². The van der Waals surface area contributed by atoms with Gasteiger partial charge in [-0.15, -0.1) is 0 Å². The summed E-state index contributed by atoms with van der Waals surface area (Å²) in [6.45, 7) is 2.34. The quantitative estimate of drug-likeness (QED) is 0.567. The zero-order chi connectivity index (χ0) is 7.42. The van der Waals surface area contributed by atoms with Crippen LogP contribution >= 0.6 is 0 Å². The summed E-state index contributed by atoms with van der Waals surface area (Å²) in [5.74, 6) is 6.06. The summed E-state index contributed by atoms with van der Waals surface area (Å²) < 4.78 is 0. The van der Waals surface area contributed by atoms with Gasteiger partial charge in [-0.05, 0) is 48.9 Å². The van der Waals surface area contributed by atoms with E-state index in [4.69, 9.17) is 0 Å². The second kappa shape index (κ2) is 2.02. The van der Waals surface area contributed by atoms with Crippen LogP contribution in [0, 0.1) is 29.6 Å². The first-order valence-electron chi connectivity index (χ1n) is 5.42. The van der Waals surface area contributed by atoms with Gasteiger partial charge in [-0.25, -0.2) is 0 Å². The molecule has 0 aromatic rings. The molecule has 0 bridgehead atoms. The monoisotopic (exact) mass is 150 g/mol. The van der Waals surface area contributed by atoms with Gasteiger partial charge in [0.05, 0.1) is 0 Å². The van der Waals surface area contributed by atoms with Crippen molar-refractivity contribution in [1.29, 1.82) is 0 Å². The van der Waals surface area contributed by atoms with E-state index in [0.717, 1.165) is 0 Å². The number of hydrogen-bond acceptors (Lipinski definition) is 0. The van der Waals surface area contributed by atoms with E-state index in [0.29, 0.717) is 0 Å². The molecule has 3 fully saturated rings. The largest absolute Gasteiger partial charge is 0.0654 e. The highest BCUT2D eigenvalue weighted by Gasteiger charge is 2.64. The average molecular weight is 150 g/mol. The number of fused-ring (bicyclic) bond motifs is 1. The van der Waals surface area contributed by atoms with E-state index >= 15 is 0 Å². The summed E-state index contributed by atoms with van der Waals surface area (Å²) in [5, 5.41) is 0. The predicted molar refractivity (Wildman–Crippen MR) is 46.2 cm³/mol. The van der Waals surface area contributed by atoms with E-state index in [2.05, 4.69) is 6.92 Å². The molecule has 0 amide bonds. The van der Waals surface area contributed by atoms with Crippen LogP contribution in [-0.2, 0) is 0 Å². The maximum atomic E-state index is 2.34. The van der Waals surface area contributed by atoms with Gasteiger partial charge in [0.15, 0.2) is 0 Å². The second-order valence-corrected chi connectivity index (χ2v) is 4.94. The van der Waals surface area contributed by atoms with Crippen LogP contribution in [0.15, 0.2) is 0 Å². The Bertz CT molecular complexity index is 173. The Kier molecular flexibility index (Phi) is 1.20. The summed E-state index contributed by atoms with van der Waals surface area (Å²) in [6, 6.07) is 0. The van der Waals surface area contributed by atoms with Gasteiger partial charge in [0.25, 0.3) is 0 Å². The molecule has 0 N–H and O–H groups in total. The first-order chi connectivity index (χ1) is 5.42. The minimum Gasteiger partial charge on any atom is -0.0654 e. The van der Waals surface area contributed by atoms with Crippen molar-refractivity contribution in [2.24, 2.45) is 29.6 Å². The summed E-state index contributed by atoms with van der Waals surface area (Å²) in [6.07, 6.45) is 7.76. The van der Waals surface area contributed by atoms with Gasteiger partial charge >= 0.3 is 0 Å². The lowest BCUT2D eigenvalue weighted by Crippen LogP contribution is -2.01. The standard InChI is InChI=1S/C11H18/c1-2-3-7-6-8-4-5-9-10(7)11(8)9/h7-11H,2-6H2,1H3. The molecule has 11 heavy (non-hydrogen) atoms. The van der Waals surface area contributed by atoms with Crippen molar-refractivity contribution in [2.45, 2.75) is 39.0 Å². The average Bonchev–Trinajstić information content (AvgIpc) is 2.48. The molecule has 5 atom stereocenters. The molecule has 0 spiro atoms. The molecule has 3 aliphatic carbocycles. The van der Waals surface area contributed by atoms with Crippen LogP contribution < -0.4 is 0 Å². The Hall–Kier alpha value is 0. The van der Waals surface area contributed by atoms with Crippen molar-refractivity contribution in [2.75, 3.05) is 0 Å². The maximum absolute atomic E-state index is 2.34. The highest BCUT2D eigenvalue weighted by molar-refractivity contribution is 5.13. The first kappa shape index (κ1) is 6.51. The SMILES string of the molecule is CCCC1CC2CCC3C1C23. The molecule has 0 saturated heterocycles. The van der Waals surface area contributed by atoms with Crippen molar-refractivity contribution in [3.63, 3.8) is 0 Å². The lowest BCUT2D eigenvalue weighted by atomic mass is 9.95. The third kappa shape index (κ3) is 0.711. The molecule has 3 rings (SSSR count). The van der Waals surface area contributed by atoms with Gasteiger partial charge in [-0.3, -0.25) is 0 Å². The maximum Gasteiger partial charge on any atom is -0.0321 e. The molecule has 0 aromatic carbocycles. The van der Waals surface area contributed by atoms with Crippen LogP contribution in [-0.4, -0.2) is 0 Å². The second-order valence-electron chi connectivity index (χ2n) is 4.94. The minimum absolute atomic E-state index is 1.17. The Morgan fingerprint density at radius 3 is 2.73 bits per heavy atom. The molecule has 0 heteroatoms. The van der Waals surface area contributed by atoms with Crippen molar-refractivity contribution in [3.05, 3.63) is 0 Å². The first-order valence-corrected chi connectivity index (χ1v) is 5.42. The highest BCUT2D eigenvalue weighted by Crippen LogP contribution is 2.71. The Morgan fingerprint density at radius 1 is 1.18 bits per heavy atom. The zero-order valence-electron chi connectivity index (χ0n) is 7.42. The fourth-order valence-electron chi connectivity index (χ4n) is 4.24. The van der Waals surface area contributed by atoms with Crippen LogP contribution in [0.2, 0.25) is 0 Å². The molecular formula is C11H18. The Labute approximate surface area is 69.4 Å². The fourth-order valence-corrected chi connectivity index (χ4v) is 4.24. The van der Waals surface area contributed by atoms with Crippen molar-refractivity contribution in [1.82, 2.24) is 0 Å². The molecule has 0 heterocycles. The van der Waals surface area contributed by atoms with Crippen LogP contribution in [0.25, 0.3) is 0 Å². The van der Waals surface area contributed by atoms with Gasteiger partial charge in [-0.2, -0.15) is 0 Å². The van der Waals surface area contributed by atoms with E-state index < -0.39 is 0 Å². The van der Waals surface area contributed by atoms with Gasteiger partial charge in [-0.1, -0.05) is 19.8 Å². The number of rotatable bonds is 2. The third-order valence-corrected chi connectivity index (χ3v) is 4.52. The summed E-state index contributed by atoms with van der Waals surface area (Å²) in [4.78, 5) is 0. The molecule has 0 aliphatic heterocycles. The molecule has 0 nitrogen and oxygen atoms in total. The van der Waals surface area contributed by atoms with E-state index in [-0.39, 0.29) is 0 Å². The summed E-state index contributed by atoms with van der Waals surface area (Å²) in [5.41, 5.74) is 0. The molecule has 5 unspecified atom stereocenters. The highest BCUT2D eigenvalue weighted by atomic mass is 14.7. The van der Waals surface area contributed by atoms with Gasteiger partial charge in [0, 0.05) is 0 Å². The lowest BCUT2D eigenvalue weighted by molar-refractivity contribution is 0.399. The van der Waals surface area contributed by atoms with E-state index in [1.165, 1.54) is 42.4 Å². The molecule has 62 valence electrons. The van der Waals surface area contributed by atoms with E-state index in [1.807, 2.05) is 0 Å². The predicted octanol–water partition coefficient (Wildman–Crippen LogP) is 3.08. The van der Waals surface area contributed by atoms with Crippen LogP contribution in [0.4, 0.5) is 0 Å². The summed E-state index contributed by atoms with van der Waals surface area (Å²) in [7, 11) is 0. The Balaban J connectivity index is 1.73. The van der Waals surface area contributed by atoms with E-state index in [1.54, 1.807) is 19.3 Å². The van der Waals surface area contributed by atoms with Crippen LogP contribution in [0.1, 0.15) is 39.0 Å². The third-order valence-electron chi connectivity index (χ3n) is 4.52. The van der Waals surface area contributed by atoms with E-state index in [9.17, 15) is 0 Å². The van der Waals surface area contributed by atoms with Crippen molar-refractivity contribution >= 4 is 0 Å². The van der Waals surface area contributed by atoms with Gasteiger partial charge < -0.3 is 0 Å². The normalized spacial score (nSPS) is 58.1. The smallest absolute Gasteiger partial charge is 0.0321 e. The van der Waals surface area contributed by atoms with Crippen LogP contribution in [0.5, 0.6) is 0 Å². The van der Waals surface area contributed by atoms with Gasteiger partial charge in [0.2, 0.25) is 0 Å². The minimum atomic E-state index is 1.17. The number of hydrogen-bond donors (Lipinski definition) is 0. The fraction of sp³-hybridized carbons (Fsp3) is 1.00. The lowest BCUT2D eigenvalue weighted by Gasteiger charge is -2.11. The molecular weight excluding hydrogens is 132 g/mol. The topological polar surface area (TPSA) is 0 Å². The zero-order valence-corrected chi connectivity index (χ0v) is 7.42. The molecule has 3 saturated carbocycles. The Morgan fingerprint density at radius 2 is 2.09 bits per heavy atom. The molecule has 0 radical (unpaired) electrons. The van der Waals surface area contributed by atoms with Gasteiger partial charge in [0.1, 0.15) is 0 Å². The molecule has 3 aliphatic rings. The van der Waals surface area contributed by atoms with Crippen molar-refractivity contribution < 1.29 is 0 Å².